The van der Waals surface area contributed by atoms with Crippen molar-refractivity contribution in [3.8, 4) is 5.75 Å². The SMILES string of the molecule is CNC(Cc1ncc(C)c(OC)c1C)CC1OCCO1. The van der Waals surface area contributed by atoms with Crippen molar-refractivity contribution in [2.45, 2.75) is 39.0 Å². The Morgan fingerprint density at radius 1 is 1.40 bits per heavy atom. The van der Waals surface area contributed by atoms with Crippen LogP contribution in [0.1, 0.15) is 23.2 Å². The van der Waals surface area contributed by atoms with Gasteiger partial charge in [0.1, 0.15) is 5.75 Å². The summed E-state index contributed by atoms with van der Waals surface area (Å²) in [5.74, 6) is 0.929. The number of hydrogen-bond acceptors (Lipinski definition) is 5. The summed E-state index contributed by atoms with van der Waals surface area (Å²) >= 11 is 0. The van der Waals surface area contributed by atoms with E-state index in [0.29, 0.717) is 13.2 Å². The number of ether oxygens (including phenoxy) is 3. The van der Waals surface area contributed by atoms with Crippen molar-refractivity contribution in [1.29, 1.82) is 0 Å². The van der Waals surface area contributed by atoms with Crippen molar-refractivity contribution in [1.82, 2.24) is 10.3 Å². The van der Waals surface area contributed by atoms with Crippen molar-refractivity contribution in [3.63, 3.8) is 0 Å². The molecular formula is C15H24N2O3. The van der Waals surface area contributed by atoms with Gasteiger partial charge >= 0.3 is 0 Å². The summed E-state index contributed by atoms with van der Waals surface area (Å²) in [4.78, 5) is 4.55. The molecule has 20 heavy (non-hydrogen) atoms. The standard InChI is InChI=1S/C15H24N2O3/c1-10-9-17-13(11(2)15(10)18-4)7-12(16-3)8-14-19-5-6-20-14/h9,12,14,16H,5-8H2,1-4H3. The molecular weight excluding hydrogens is 256 g/mol. The molecule has 0 radical (unpaired) electrons. The van der Waals surface area contributed by atoms with Crippen LogP contribution in [-0.4, -0.2) is 44.7 Å². The van der Waals surface area contributed by atoms with Crippen LogP contribution in [0.5, 0.6) is 5.75 Å². The van der Waals surface area contributed by atoms with Crippen LogP contribution in [0.2, 0.25) is 0 Å². The van der Waals surface area contributed by atoms with E-state index in [4.69, 9.17) is 14.2 Å². The van der Waals surface area contributed by atoms with Gasteiger partial charge in [-0.15, -0.1) is 0 Å². The summed E-state index contributed by atoms with van der Waals surface area (Å²) in [7, 11) is 3.66. The van der Waals surface area contributed by atoms with E-state index in [-0.39, 0.29) is 12.3 Å². The molecule has 1 N–H and O–H groups in total. The zero-order valence-electron chi connectivity index (χ0n) is 12.7. The second kappa shape index (κ2) is 7.02. The Kier molecular flexibility index (Phi) is 5.34. The zero-order chi connectivity index (χ0) is 14.5. The normalized spacial score (nSPS) is 17.4. The predicted molar refractivity (Wildman–Crippen MR) is 77.1 cm³/mol. The molecule has 5 nitrogen and oxygen atoms in total. The van der Waals surface area contributed by atoms with Gasteiger partial charge in [-0.2, -0.15) is 0 Å². The van der Waals surface area contributed by atoms with Crippen molar-refractivity contribution in [2.24, 2.45) is 0 Å². The summed E-state index contributed by atoms with van der Waals surface area (Å²) < 4.78 is 16.5. The fraction of sp³-hybridized carbons (Fsp3) is 0.667. The molecule has 0 amide bonds. The molecule has 1 fully saturated rings. The Hall–Kier alpha value is -1.17. The maximum absolute atomic E-state index is 5.51. The maximum Gasteiger partial charge on any atom is 0.159 e. The summed E-state index contributed by atoms with van der Waals surface area (Å²) in [6.45, 7) is 5.45. The minimum Gasteiger partial charge on any atom is -0.496 e. The number of rotatable bonds is 6. The van der Waals surface area contributed by atoms with E-state index in [1.54, 1.807) is 7.11 Å². The third-order valence-electron chi connectivity index (χ3n) is 3.77. The number of methoxy groups -OCH3 is 1. The van der Waals surface area contributed by atoms with Gasteiger partial charge < -0.3 is 19.5 Å². The Morgan fingerprint density at radius 2 is 2.10 bits per heavy atom. The first-order valence-electron chi connectivity index (χ1n) is 7.05. The molecule has 0 spiro atoms. The highest BCUT2D eigenvalue weighted by molar-refractivity contribution is 5.41. The summed E-state index contributed by atoms with van der Waals surface area (Å²) in [6, 6.07) is 0.275. The summed E-state index contributed by atoms with van der Waals surface area (Å²) in [6.07, 6.45) is 3.44. The molecule has 1 aromatic heterocycles. The largest absolute Gasteiger partial charge is 0.496 e. The van der Waals surface area contributed by atoms with Gasteiger partial charge in [0.2, 0.25) is 0 Å². The van der Waals surface area contributed by atoms with E-state index in [2.05, 4.69) is 17.2 Å². The number of pyridine rings is 1. The first kappa shape index (κ1) is 15.2. The fourth-order valence-corrected chi connectivity index (χ4v) is 2.59. The number of aromatic nitrogens is 1. The molecule has 1 atom stereocenters. The minimum absolute atomic E-state index is 0.0971. The lowest BCUT2D eigenvalue weighted by Crippen LogP contribution is -2.32. The Labute approximate surface area is 120 Å². The van der Waals surface area contributed by atoms with E-state index in [9.17, 15) is 0 Å². The molecule has 1 aliphatic heterocycles. The van der Waals surface area contributed by atoms with Crippen molar-refractivity contribution in [2.75, 3.05) is 27.4 Å². The average Bonchev–Trinajstić information content (AvgIpc) is 2.94. The minimum atomic E-state index is -0.0971. The maximum atomic E-state index is 5.51. The van der Waals surface area contributed by atoms with Crippen LogP contribution in [0.3, 0.4) is 0 Å². The first-order valence-corrected chi connectivity index (χ1v) is 7.05. The number of nitrogens with zero attached hydrogens (tertiary/aromatic N) is 1. The molecule has 1 unspecified atom stereocenters. The van der Waals surface area contributed by atoms with Crippen LogP contribution in [-0.2, 0) is 15.9 Å². The second-order valence-corrected chi connectivity index (χ2v) is 5.14. The third kappa shape index (κ3) is 3.48. The van der Waals surface area contributed by atoms with Crippen molar-refractivity contribution >= 4 is 0 Å². The van der Waals surface area contributed by atoms with Gasteiger partial charge in [0.15, 0.2) is 6.29 Å². The number of hydrogen-bond donors (Lipinski definition) is 1. The van der Waals surface area contributed by atoms with Gasteiger partial charge in [-0.25, -0.2) is 0 Å². The quantitative estimate of drug-likeness (QED) is 0.858. The number of aryl methyl sites for hydroxylation is 1. The summed E-state index contributed by atoms with van der Waals surface area (Å²) in [5.41, 5.74) is 3.24. The Morgan fingerprint density at radius 3 is 2.70 bits per heavy atom. The molecule has 1 aromatic rings. The topological polar surface area (TPSA) is 52.6 Å². The van der Waals surface area contributed by atoms with Crippen LogP contribution >= 0.6 is 0 Å². The predicted octanol–water partition coefficient (Wildman–Crippen LogP) is 1.60. The van der Waals surface area contributed by atoms with E-state index in [1.807, 2.05) is 20.2 Å². The number of nitrogens with one attached hydrogen (secondary N) is 1. The third-order valence-corrected chi connectivity index (χ3v) is 3.77. The van der Waals surface area contributed by atoms with Gasteiger partial charge in [0.25, 0.3) is 0 Å². The van der Waals surface area contributed by atoms with Crippen LogP contribution in [0.25, 0.3) is 0 Å². The van der Waals surface area contributed by atoms with Crippen LogP contribution in [0.4, 0.5) is 0 Å². The lowest BCUT2D eigenvalue weighted by Gasteiger charge is -2.20. The lowest BCUT2D eigenvalue weighted by atomic mass is 10.0. The van der Waals surface area contributed by atoms with Gasteiger partial charge in [-0.05, 0) is 20.9 Å². The van der Waals surface area contributed by atoms with E-state index >= 15 is 0 Å². The van der Waals surface area contributed by atoms with Crippen LogP contribution < -0.4 is 10.1 Å². The first-order chi connectivity index (χ1) is 9.65. The zero-order valence-corrected chi connectivity index (χ0v) is 12.7. The molecule has 0 saturated carbocycles. The molecule has 0 aromatic carbocycles. The smallest absolute Gasteiger partial charge is 0.159 e. The van der Waals surface area contributed by atoms with Gasteiger partial charge in [0.05, 0.1) is 20.3 Å². The lowest BCUT2D eigenvalue weighted by molar-refractivity contribution is -0.0523. The molecule has 0 aliphatic carbocycles. The fourth-order valence-electron chi connectivity index (χ4n) is 2.59. The molecule has 5 heteroatoms. The highest BCUT2D eigenvalue weighted by Gasteiger charge is 2.22. The van der Waals surface area contributed by atoms with Crippen LogP contribution in [0.15, 0.2) is 6.20 Å². The average molecular weight is 280 g/mol. The molecule has 1 aliphatic rings. The van der Waals surface area contributed by atoms with E-state index in [0.717, 1.165) is 35.4 Å². The van der Waals surface area contributed by atoms with Gasteiger partial charge in [-0.3, -0.25) is 4.98 Å². The van der Waals surface area contributed by atoms with Crippen molar-refractivity contribution < 1.29 is 14.2 Å². The Bertz CT molecular complexity index is 445. The monoisotopic (exact) mass is 280 g/mol. The second-order valence-electron chi connectivity index (χ2n) is 5.14. The van der Waals surface area contributed by atoms with Gasteiger partial charge in [-0.1, -0.05) is 0 Å². The molecule has 2 rings (SSSR count). The summed E-state index contributed by atoms with van der Waals surface area (Å²) in [5, 5.41) is 3.32. The Balaban J connectivity index is 2.06. The van der Waals surface area contributed by atoms with E-state index < -0.39 is 0 Å². The molecule has 0 bridgehead atoms. The number of likely N-dealkylation sites (N-methyl/N-ethyl adjacent to an activating group) is 1. The van der Waals surface area contributed by atoms with Gasteiger partial charge in [0, 0.05) is 41.9 Å². The molecule has 1 saturated heterocycles. The van der Waals surface area contributed by atoms with Crippen molar-refractivity contribution in [3.05, 3.63) is 23.0 Å². The molecule has 112 valence electrons. The highest BCUT2D eigenvalue weighted by Crippen LogP contribution is 2.25. The van der Waals surface area contributed by atoms with Crippen LogP contribution in [0, 0.1) is 13.8 Å². The highest BCUT2D eigenvalue weighted by atomic mass is 16.7. The van der Waals surface area contributed by atoms with E-state index in [1.165, 1.54) is 0 Å². The molecule has 2 heterocycles.